The maximum Gasteiger partial charge on any atom is 0.341 e. The monoisotopic (exact) mass is 380 g/mol. The third-order valence-electron chi connectivity index (χ3n) is 5.52. The van der Waals surface area contributed by atoms with Gasteiger partial charge in [0.1, 0.15) is 18.0 Å². The number of hydrogen-bond donors (Lipinski definition) is 2. The number of aromatic carboxylic acids is 1. The lowest BCUT2D eigenvalue weighted by atomic mass is 9.96. The zero-order chi connectivity index (χ0) is 19.6. The summed E-state index contributed by atoms with van der Waals surface area (Å²) in [5.41, 5.74) is 2.61. The highest BCUT2D eigenvalue weighted by molar-refractivity contribution is 5.98. The lowest BCUT2D eigenvalue weighted by molar-refractivity contribution is 0.0694. The first-order valence-electron chi connectivity index (χ1n) is 9.06. The molecule has 28 heavy (non-hydrogen) atoms. The predicted octanol–water partition coefficient (Wildman–Crippen LogP) is 3.06. The number of nitrogens with one attached hydrogen (secondary N) is 1. The van der Waals surface area contributed by atoms with E-state index in [0.29, 0.717) is 16.6 Å². The number of halogens is 1. The van der Waals surface area contributed by atoms with Crippen molar-refractivity contribution in [3.8, 4) is 16.9 Å². The van der Waals surface area contributed by atoms with Crippen molar-refractivity contribution in [2.45, 2.75) is 26.1 Å². The van der Waals surface area contributed by atoms with E-state index in [4.69, 9.17) is 4.74 Å². The Labute approximate surface area is 159 Å². The fourth-order valence-corrected chi connectivity index (χ4v) is 4.10. The molecule has 7 heteroatoms. The van der Waals surface area contributed by atoms with Crippen LogP contribution in [-0.4, -0.2) is 22.2 Å². The molecule has 2 aliphatic heterocycles. The Kier molecular flexibility index (Phi) is 3.57. The smallest absolute Gasteiger partial charge is 0.341 e. The van der Waals surface area contributed by atoms with Crippen LogP contribution in [0.3, 0.4) is 0 Å². The third-order valence-corrected chi connectivity index (χ3v) is 5.52. The minimum Gasteiger partial charge on any atom is -0.488 e. The van der Waals surface area contributed by atoms with Crippen molar-refractivity contribution in [2.24, 2.45) is 0 Å². The molecule has 0 fully saturated rings. The molecule has 3 heterocycles. The Morgan fingerprint density at radius 1 is 1.29 bits per heavy atom. The van der Waals surface area contributed by atoms with Gasteiger partial charge in [0.25, 0.3) is 0 Å². The number of rotatable bonds is 2. The van der Waals surface area contributed by atoms with Crippen molar-refractivity contribution in [1.82, 2.24) is 9.88 Å². The average molecular weight is 380 g/mol. The fourth-order valence-electron chi connectivity index (χ4n) is 4.10. The molecule has 1 unspecified atom stereocenters. The minimum absolute atomic E-state index is 0.0190. The molecule has 2 N–H and O–H groups in total. The molecular weight excluding hydrogens is 363 g/mol. The van der Waals surface area contributed by atoms with Gasteiger partial charge in [-0.15, -0.1) is 0 Å². The summed E-state index contributed by atoms with van der Waals surface area (Å²) < 4.78 is 22.8. The van der Waals surface area contributed by atoms with Crippen molar-refractivity contribution in [3.05, 3.63) is 63.2 Å². The lowest BCUT2D eigenvalue weighted by Crippen LogP contribution is -2.27. The Balaban J connectivity index is 1.86. The summed E-state index contributed by atoms with van der Waals surface area (Å²) in [6.45, 7) is 3.63. The highest BCUT2D eigenvalue weighted by atomic mass is 19.1. The number of pyridine rings is 1. The SMILES string of the molecule is CC1COc2c(-c3ccc4c(c3)CNC4)c(F)cc3c(=O)c(C(=O)O)cn1c23. The Hall–Kier alpha value is -3.19. The molecule has 0 aliphatic carbocycles. The average Bonchev–Trinajstić information content (AvgIpc) is 3.13. The van der Waals surface area contributed by atoms with Gasteiger partial charge in [0.15, 0.2) is 5.75 Å². The molecule has 0 amide bonds. The molecule has 0 radical (unpaired) electrons. The van der Waals surface area contributed by atoms with Crippen LogP contribution < -0.4 is 15.5 Å². The number of carbonyl (C=O) groups is 1. The molecule has 3 aromatic rings. The maximum atomic E-state index is 15.2. The second kappa shape index (κ2) is 5.90. The van der Waals surface area contributed by atoms with E-state index in [9.17, 15) is 14.7 Å². The van der Waals surface area contributed by atoms with Crippen molar-refractivity contribution >= 4 is 16.9 Å². The first-order chi connectivity index (χ1) is 13.5. The Morgan fingerprint density at radius 3 is 2.86 bits per heavy atom. The van der Waals surface area contributed by atoms with Crippen molar-refractivity contribution in [2.75, 3.05) is 6.61 Å². The normalized spacial score (nSPS) is 17.4. The zero-order valence-corrected chi connectivity index (χ0v) is 15.1. The molecule has 0 saturated heterocycles. The summed E-state index contributed by atoms with van der Waals surface area (Å²) in [5, 5.41) is 12.6. The molecule has 1 atom stereocenters. The molecule has 0 spiro atoms. The third kappa shape index (κ3) is 2.29. The van der Waals surface area contributed by atoms with Crippen LogP contribution in [0.5, 0.6) is 5.75 Å². The molecule has 2 aliphatic rings. The number of carboxylic acid groups (broad SMARTS) is 1. The lowest BCUT2D eigenvalue weighted by Gasteiger charge is -2.28. The van der Waals surface area contributed by atoms with Crippen LogP contribution in [0.4, 0.5) is 4.39 Å². The summed E-state index contributed by atoms with van der Waals surface area (Å²) in [4.78, 5) is 24.1. The summed E-state index contributed by atoms with van der Waals surface area (Å²) in [6.07, 6.45) is 1.33. The molecule has 0 bridgehead atoms. The summed E-state index contributed by atoms with van der Waals surface area (Å²) in [5.74, 6) is -1.64. The Bertz CT molecular complexity index is 1230. The summed E-state index contributed by atoms with van der Waals surface area (Å²) in [7, 11) is 0. The molecule has 1 aromatic heterocycles. The van der Waals surface area contributed by atoms with Gasteiger partial charge in [0.05, 0.1) is 22.5 Å². The summed E-state index contributed by atoms with van der Waals surface area (Å²) >= 11 is 0. The van der Waals surface area contributed by atoms with Crippen LogP contribution in [-0.2, 0) is 13.1 Å². The minimum atomic E-state index is -1.33. The van der Waals surface area contributed by atoms with Crippen LogP contribution >= 0.6 is 0 Å². The first kappa shape index (κ1) is 16.9. The number of fused-ring (bicyclic) bond motifs is 1. The quantitative estimate of drug-likeness (QED) is 0.714. The second-order valence-corrected chi connectivity index (χ2v) is 7.29. The van der Waals surface area contributed by atoms with Crippen LogP contribution in [0, 0.1) is 5.82 Å². The second-order valence-electron chi connectivity index (χ2n) is 7.29. The van der Waals surface area contributed by atoms with Crippen LogP contribution in [0.1, 0.15) is 34.5 Å². The molecule has 6 nitrogen and oxygen atoms in total. The van der Waals surface area contributed by atoms with Crippen LogP contribution in [0.25, 0.3) is 22.0 Å². The number of benzene rings is 2. The number of ether oxygens (including phenoxy) is 1. The summed E-state index contributed by atoms with van der Waals surface area (Å²) in [6, 6.07) is 6.70. The van der Waals surface area contributed by atoms with Gasteiger partial charge in [0.2, 0.25) is 5.43 Å². The van der Waals surface area contributed by atoms with Gasteiger partial charge in [-0.05, 0) is 35.7 Å². The van der Waals surface area contributed by atoms with E-state index in [1.54, 1.807) is 4.57 Å². The van der Waals surface area contributed by atoms with E-state index in [1.165, 1.54) is 11.8 Å². The van der Waals surface area contributed by atoms with Gasteiger partial charge in [0, 0.05) is 19.3 Å². The standard InChI is InChI=1S/C21H17FN2O4/c1-10-9-28-20-17(11-2-3-12-6-23-7-13(12)4-11)16(22)5-14-18(20)24(10)8-15(19(14)25)21(26)27/h2-5,8,10,23H,6-7,9H2,1H3,(H,26,27). The van der Waals surface area contributed by atoms with Crippen LogP contribution in [0.15, 0.2) is 35.3 Å². The molecule has 2 aromatic carbocycles. The fraction of sp³-hybridized carbons (Fsp3) is 0.238. The van der Waals surface area contributed by atoms with Crippen molar-refractivity contribution < 1.29 is 19.0 Å². The number of carboxylic acids is 1. The van der Waals surface area contributed by atoms with E-state index >= 15 is 4.39 Å². The van der Waals surface area contributed by atoms with Crippen molar-refractivity contribution in [3.63, 3.8) is 0 Å². The number of nitrogens with zero attached hydrogens (tertiary/aromatic N) is 1. The van der Waals surface area contributed by atoms with Gasteiger partial charge in [-0.2, -0.15) is 0 Å². The van der Waals surface area contributed by atoms with Crippen molar-refractivity contribution in [1.29, 1.82) is 0 Å². The topological polar surface area (TPSA) is 80.6 Å². The zero-order valence-electron chi connectivity index (χ0n) is 15.1. The maximum absolute atomic E-state index is 15.2. The van der Waals surface area contributed by atoms with Crippen LogP contribution in [0.2, 0.25) is 0 Å². The van der Waals surface area contributed by atoms with E-state index in [2.05, 4.69) is 5.32 Å². The number of aromatic nitrogens is 1. The van der Waals surface area contributed by atoms with Gasteiger partial charge in [-0.1, -0.05) is 12.1 Å². The highest BCUT2D eigenvalue weighted by Gasteiger charge is 2.28. The van der Waals surface area contributed by atoms with Gasteiger partial charge < -0.3 is 19.7 Å². The molecule has 5 rings (SSSR count). The van der Waals surface area contributed by atoms with E-state index in [-0.39, 0.29) is 29.3 Å². The first-order valence-corrected chi connectivity index (χ1v) is 9.06. The predicted molar refractivity (Wildman–Crippen MR) is 101 cm³/mol. The van der Waals surface area contributed by atoms with E-state index < -0.39 is 17.2 Å². The molecular formula is C21H17FN2O4. The highest BCUT2D eigenvalue weighted by Crippen LogP contribution is 2.42. The van der Waals surface area contributed by atoms with Gasteiger partial charge >= 0.3 is 5.97 Å². The van der Waals surface area contributed by atoms with E-state index in [0.717, 1.165) is 24.7 Å². The molecule has 0 saturated carbocycles. The van der Waals surface area contributed by atoms with E-state index in [1.807, 2.05) is 25.1 Å². The van der Waals surface area contributed by atoms with Gasteiger partial charge in [-0.25, -0.2) is 9.18 Å². The number of hydrogen-bond acceptors (Lipinski definition) is 4. The molecule has 142 valence electrons. The largest absolute Gasteiger partial charge is 0.488 e. The van der Waals surface area contributed by atoms with Gasteiger partial charge in [-0.3, -0.25) is 4.79 Å². The Morgan fingerprint density at radius 2 is 2.07 bits per heavy atom.